The van der Waals surface area contributed by atoms with Gasteiger partial charge >= 0.3 is 5.97 Å². The molecule has 0 saturated carbocycles. The van der Waals surface area contributed by atoms with Crippen LogP contribution in [-0.2, 0) is 32.5 Å². The van der Waals surface area contributed by atoms with Crippen molar-refractivity contribution < 1.29 is 31.9 Å². The second-order valence-electron chi connectivity index (χ2n) is 9.17. The molecule has 0 spiro atoms. The fourth-order valence-electron chi connectivity index (χ4n) is 3.37. The fourth-order valence-corrected chi connectivity index (χ4v) is 5.85. The lowest BCUT2D eigenvalue weighted by atomic mass is 10.1. The number of hydrogen-bond acceptors (Lipinski definition) is 9. The van der Waals surface area contributed by atoms with Crippen LogP contribution < -0.4 is 9.04 Å². The van der Waals surface area contributed by atoms with E-state index in [2.05, 4.69) is 4.98 Å². The zero-order valence-corrected chi connectivity index (χ0v) is 22.9. The second-order valence-corrected chi connectivity index (χ2v) is 11.9. The van der Waals surface area contributed by atoms with Crippen molar-refractivity contribution in [2.75, 3.05) is 11.4 Å². The van der Waals surface area contributed by atoms with Crippen LogP contribution in [0.4, 0.5) is 9.39 Å². The number of Topliss-reactive ketones (excluding diaryl/α,β-unsaturated/α-hetero) is 1. The van der Waals surface area contributed by atoms with Crippen molar-refractivity contribution in [1.82, 2.24) is 4.98 Å². The van der Waals surface area contributed by atoms with Crippen LogP contribution in [0.5, 0.6) is 5.75 Å². The Balaban J connectivity index is 2.07. The smallest absolute Gasteiger partial charge is 0.360 e. The molecule has 0 aliphatic rings. The van der Waals surface area contributed by atoms with E-state index in [0.717, 1.165) is 21.7 Å². The lowest BCUT2D eigenvalue weighted by Gasteiger charge is -2.25. The minimum Gasteiger partial charge on any atom is -0.497 e. The normalized spacial score (nSPS) is 11.5. The third-order valence-electron chi connectivity index (χ3n) is 5.13. The van der Waals surface area contributed by atoms with Gasteiger partial charge in [-0.1, -0.05) is 18.2 Å². The van der Waals surface area contributed by atoms with Crippen LogP contribution in [0.1, 0.15) is 48.8 Å². The topological polar surface area (TPSA) is 127 Å². The molecule has 2 aromatic carbocycles. The van der Waals surface area contributed by atoms with E-state index in [9.17, 15) is 22.4 Å². The summed E-state index contributed by atoms with van der Waals surface area (Å²) in [6.07, 6.45) is -0.721. The number of anilines is 1. The van der Waals surface area contributed by atoms with Gasteiger partial charge in [-0.05, 0) is 56.2 Å². The molecule has 1 aromatic heterocycles. The Kier molecular flexibility index (Phi) is 8.85. The van der Waals surface area contributed by atoms with Gasteiger partial charge in [0, 0.05) is 6.42 Å². The molecular formula is C26H26FN3O6S2. The second kappa shape index (κ2) is 11.7. The van der Waals surface area contributed by atoms with E-state index in [4.69, 9.17) is 14.7 Å². The minimum absolute atomic E-state index is 0.00347. The molecule has 0 unspecified atom stereocenters. The molecule has 9 nitrogen and oxygen atoms in total. The van der Waals surface area contributed by atoms with Crippen molar-refractivity contribution in [2.45, 2.75) is 50.7 Å². The zero-order valence-electron chi connectivity index (χ0n) is 21.2. The Bertz CT molecular complexity index is 1470. The van der Waals surface area contributed by atoms with E-state index >= 15 is 0 Å². The first kappa shape index (κ1) is 28.7. The van der Waals surface area contributed by atoms with E-state index in [1.54, 1.807) is 51.1 Å². The molecule has 3 aromatic rings. The molecule has 0 fully saturated rings. The van der Waals surface area contributed by atoms with Crippen LogP contribution in [0, 0.1) is 17.1 Å². The van der Waals surface area contributed by atoms with Crippen molar-refractivity contribution in [2.24, 2.45) is 0 Å². The first-order valence-electron chi connectivity index (χ1n) is 11.4. The summed E-state index contributed by atoms with van der Waals surface area (Å²) in [5.74, 6) is -1.63. The van der Waals surface area contributed by atoms with E-state index in [-0.39, 0.29) is 40.5 Å². The number of ketones is 1. The number of esters is 1. The van der Waals surface area contributed by atoms with E-state index < -0.39 is 33.2 Å². The van der Waals surface area contributed by atoms with Gasteiger partial charge in [-0.3, -0.25) is 9.10 Å². The van der Waals surface area contributed by atoms with E-state index in [1.165, 1.54) is 24.8 Å². The summed E-state index contributed by atoms with van der Waals surface area (Å²) in [5.41, 5.74) is 0.825. The number of aromatic nitrogens is 1. The number of ether oxygens (including phenoxy) is 2. The van der Waals surface area contributed by atoms with Crippen molar-refractivity contribution >= 4 is 38.1 Å². The van der Waals surface area contributed by atoms with Crippen LogP contribution in [-0.4, -0.2) is 37.9 Å². The predicted octanol–water partition coefficient (Wildman–Crippen LogP) is 4.67. The van der Waals surface area contributed by atoms with Crippen molar-refractivity contribution in [3.05, 3.63) is 70.6 Å². The molecule has 1 heterocycles. The number of rotatable bonds is 10. The maximum atomic E-state index is 14.9. The van der Waals surface area contributed by atoms with Gasteiger partial charge in [0.1, 0.15) is 22.2 Å². The molecule has 0 amide bonds. The summed E-state index contributed by atoms with van der Waals surface area (Å²) in [6.45, 7) is 4.83. The average molecular weight is 560 g/mol. The summed E-state index contributed by atoms with van der Waals surface area (Å²) in [6, 6.07) is 11.6. The standard InChI is InChI=1S/C26H26FN3O6S2/c1-26(2,3)36-25(32)23-24(37-16-29-23)30(15-17-5-8-20(35-4)9-6-17)38(33,34)21-10-7-18(22(27)14-21)13-19(31)11-12-28/h5-10,14,16H,11,13,15H2,1-4H3. The SMILES string of the molecule is COc1ccc(CN(c2scnc2C(=O)OC(C)(C)C)S(=O)(=O)c2ccc(CC(=O)CC#N)c(F)c2)cc1. The minimum atomic E-state index is -4.43. The Hall–Kier alpha value is -3.82. The summed E-state index contributed by atoms with van der Waals surface area (Å²) in [7, 11) is -2.93. The number of carbonyl (C=O) groups is 2. The van der Waals surface area contributed by atoms with Crippen LogP contribution in [0.15, 0.2) is 52.9 Å². The molecule has 0 aliphatic carbocycles. The third kappa shape index (κ3) is 6.93. The molecule has 38 heavy (non-hydrogen) atoms. The average Bonchev–Trinajstić information content (AvgIpc) is 3.33. The Morgan fingerprint density at radius 1 is 1.16 bits per heavy atom. The van der Waals surface area contributed by atoms with Crippen molar-refractivity contribution in [1.29, 1.82) is 5.26 Å². The maximum absolute atomic E-state index is 14.9. The highest BCUT2D eigenvalue weighted by Crippen LogP contribution is 2.34. The lowest BCUT2D eigenvalue weighted by molar-refractivity contribution is -0.117. The van der Waals surface area contributed by atoms with Gasteiger partial charge in [0.05, 0.1) is 36.6 Å². The highest BCUT2D eigenvalue weighted by Gasteiger charge is 2.33. The maximum Gasteiger partial charge on any atom is 0.360 e. The quantitative estimate of drug-likeness (QED) is 0.328. The van der Waals surface area contributed by atoms with Crippen LogP contribution >= 0.6 is 11.3 Å². The summed E-state index contributed by atoms with van der Waals surface area (Å²) in [5, 5.41) is 8.67. The number of methoxy groups -OCH3 is 1. The molecule has 0 radical (unpaired) electrons. The van der Waals surface area contributed by atoms with Crippen LogP contribution in [0.25, 0.3) is 0 Å². The zero-order chi connectivity index (χ0) is 28.1. The van der Waals surface area contributed by atoms with Gasteiger partial charge in [-0.25, -0.2) is 22.6 Å². The lowest BCUT2D eigenvalue weighted by Crippen LogP contribution is -2.32. The van der Waals surface area contributed by atoms with Crippen LogP contribution in [0.3, 0.4) is 0 Å². The molecule has 0 atom stereocenters. The Labute approximate surface area is 224 Å². The van der Waals surface area contributed by atoms with Gasteiger partial charge < -0.3 is 9.47 Å². The number of carbonyl (C=O) groups excluding carboxylic acids is 2. The highest BCUT2D eigenvalue weighted by molar-refractivity contribution is 7.93. The van der Waals surface area contributed by atoms with Gasteiger partial charge in [0.2, 0.25) is 0 Å². The van der Waals surface area contributed by atoms with E-state index in [0.29, 0.717) is 11.3 Å². The van der Waals surface area contributed by atoms with Gasteiger partial charge in [-0.15, -0.1) is 11.3 Å². The monoisotopic (exact) mass is 559 g/mol. The number of nitriles is 1. The van der Waals surface area contributed by atoms with Gasteiger partial charge in [0.15, 0.2) is 11.5 Å². The highest BCUT2D eigenvalue weighted by atomic mass is 32.2. The van der Waals surface area contributed by atoms with E-state index in [1.807, 2.05) is 0 Å². The summed E-state index contributed by atoms with van der Waals surface area (Å²) in [4.78, 5) is 28.3. The van der Waals surface area contributed by atoms with Crippen LogP contribution in [0.2, 0.25) is 0 Å². The molecule has 0 aliphatic heterocycles. The van der Waals surface area contributed by atoms with Gasteiger partial charge in [0.25, 0.3) is 10.0 Å². The Morgan fingerprint density at radius 2 is 1.84 bits per heavy atom. The number of hydrogen-bond donors (Lipinski definition) is 0. The fraction of sp³-hybridized carbons (Fsp3) is 0.308. The number of benzene rings is 2. The molecule has 12 heteroatoms. The molecule has 0 saturated heterocycles. The molecule has 0 bridgehead atoms. The first-order chi connectivity index (χ1) is 17.9. The Morgan fingerprint density at radius 3 is 2.42 bits per heavy atom. The molecule has 200 valence electrons. The largest absolute Gasteiger partial charge is 0.497 e. The third-order valence-corrected chi connectivity index (χ3v) is 7.83. The number of halogens is 1. The number of thiazole rings is 1. The van der Waals surface area contributed by atoms with Crippen molar-refractivity contribution in [3.63, 3.8) is 0 Å². The first-order valence-corrected chi connectivity index (χ1v) is 13.7. The molecule has 0 N–H and O–H groups in total. The number of nitrogens with zero attached hydrogens (tertiary/aromatic N) is 3. The van der Waals surface area contributed by atoms with Crippen molar-refractivity contribution in [3.8, 4) is 11.8 Å². The van der Waals surface area contributed by atoms with Gasteiger partial charge in [-0.2, -0.15) is 5.26 Å². The molecule has 3 rings (SSSR count). The summed E-state index contributed by atoms with van der Waals surface area (Å²) >= 11 is 0.923. The molecular weight excluding hydrogens is 533 g/mol. The predicted molar refractivity (Wildman–Crippen MR) is 139 cm³/mol. The summed E-state index contributed by atoms with van der Waals surface area (Å²) < 4.78 is 54.1. The number of sulfonamides is 1.